The van der Waals surface area contributed by atoms with Gasteiger partial charge in [0.2, 0.25) is 0 Å². The average molecular weight is 210 g/mol. The number of nitriles is 2. The van der Waals surface area contributed by atoms with Crippen molar-refractivity contribution in [2.45, 2.75) is 12.8 Å². The zero-order valence-corrected chi connectivity index (χ0v) is 8.68. The van der Waals surface area contributed by atoms with Gasteiger partial charge in [-0.05, 0) is 11.6 Å². The van der Waals surface area contributed by atoms with Gasteiger partial charge in [0.25, 0.3) is 0 Å². The number of ketones is 1. The van der Waals surface area contributed by atoms with Crippen LogP contribution in [-0.4, -0.2) is 5.78 Å². The van der Waals surface area contributed by atoms with Crippen molar-refractivity contribution in [2.75, 3.05) is 0 Å². The highest BCUT2D eigenvalue weighted by molar-refractivity contribution is 5.97. The summed E-state index contributed by atoms with van der Waals surface area (Å²) >= 11 is 0. The van der Waals surface area contributed by atoms with Gasteiger partial charge in [0, 0.05) is 5.56 Å². The van der Waals surface area contributed by atoms with Crippen LogP contribution in [0.3, 0.4) is 0 Å². The molecule has 0 unspecified atom stereocenters. The van der Waals surface area contributed by atoms with Gasteiger partial charge in [0.1, 0.15) is 0 Å². The minimum absolute atomic E-state index is 0.106. The van der Waals surface area contributed by atoms with Gasteiger partial charge in [-0.15, -0.1) is 0 Å². The van der Waals surface area contributed by atoms with Gasteiger partial charge in [-0.1, -0.05) is 30.4 Å². The van der Waals surface area contributed by atoms with E-state index in [1.54, 1.807) is 30.4 Å². The fourth-order valence-electron chi connectivity index (χ4n) is 1.24. The highest BCUT2D eigenvalue weighted by Gasteiger charge is 2.04. The van der Waals surface area contributed by atoms with E-state index in [1.807, 2.05) is 18.2 Å². The van der Waals surface area contributed by atoms with E-state index in [0.29, 0.717) is 12.0 Å². The summed E-state index contributed by atoms with van der Waals surface area (Å²) in [5.41, 5.74) is 1.39. The Kier molecular flexibility index (Phi) is 4.50. The van der Waals surface area contributed by atoms with Crippen LogP contribution in [0.5, 0.6) is 0 Å². The quantitative estimate of drug-likeness (QED) is 0.717. The van der Waals surface area contributed by atoms with E-state index < -0.39 is 0 Å². The van der Waals surface area contributed by atoms with Crippen LogP contribution in [-0.2, 0) is 0 Å². The lowest BCUT2D eigenvalue weighted by Gasteiger charge is -1.98. The van der Waals surface area contributed by atoms with E-state index in [4.69, 9.17) is 10.5 Å². The second-order valence-electron chi connectivity index (χ2n) is 3.15. The zero-order chi connectivity index (χ0) is 11.8. The average Bonchev–Trinajstić information content (AvgIpc) is 2.30. The number of hydrogen-bond acceptors (Lipinski definition) is 3. The normalized spacial score (nSPS) is 9.62. The molecule has 3 heteroatoms. The summed E-state index contributed by atoms with van der Waals surface area (Å²) in [4.78, 5) is 11.4. The van der Waals surface area contributed by atoms with Crippen molar-refractivity contribution in [1.29, 1.82) is 10.5 Å². The van der Waals surface area contributed by atoms with Gasteiger partial charge < -0.3 is 0 Å². The maximum Gasteiger partial charge on any atom is 0.176 e. The Balaban J connectivity index is 2.84. The second kappa shape index (κ2) is 6.16. The van der Waals surface area contributed by atoms with Crippen molar-refractivity contribution >= 4 is 11.9 Å². The fourth-order valence-corrected chi connectivity index (χ4v) is 1.24. The first kappa shape index (κ1) is 11.7. The number of Topliss-reactive ketones (excluding diaryl/α,β-unsaturated/α-hetero) is 1. The van der Waals surface area contributed by atoms with E-state index in [0.717, 1.165) is 5.56 Å². The Bertz CT molecular complexity index is 489. The molecule has 0 radical (unpaired) electrons. The van der Waals surface area contributed by atoms with E-state index >= 15 is 0 Å². The molecule has 0 spiro atoms. The molecule has 3 nitrogen and oxygen atoms in total. The first-order valence-electron chi connectivity index (χ1n) is 4.81. The number of allylic oxidation sites excluding steroid dienone is 1. The van der Waals surface area contributed by atoms with Crippen LogP contribution >= 0.6 is 0 Å². The molecule has 0 aliphatic heterocycles. The molecule has 1 aromatic rings. The van der Waals surface area contributed by atoms with Crippen molar-refractivity contribution in [3.63, 3.8) is 0 Å². The Morgan fingerprint density at radius 1 is 1.31 bits per heavy atom. The van der Waals surface area contributed by atoms with Crippen molar-refractivity contribution in [1.82, 2.24) is 0 Å². The molecule has 78 valence electrons. The molecule has 0 aromatic heterocycles. The van der Waals surface area contributed by atoms with Crippen molar-refractivity contribution in [2.24, 2.45) is 0 Å². The molecule has 0 saturated heterocycles. The Hall–Kier alpha value is -2.39. The van der Waals surface area contributed by atoms with Crippen LogP contribution in [0.15, 0.2) is 30.3 Å². The lowest BCUT2D eigenvalue weighted by molar-refractivity contribution is 0.0997. The molecule has 0 atom stereocenters. The van der Waals surface area contributed by atoms with Gasteiger partial charge in [0.15, 0.2) is 5.78 Å². The lowest BCUT2D eigenvalue weighted by atomic mass is 10.1. The molecule has 0 saturated carbocycles. The molecule has 16 heavy (non-hydrogen) atoms. The molecule has 0 aliphatic carbocycles. The predicted molar refractivity (Wildman–Crippen MR) is 60.3 cm³/mol. The number of rotatable bonds is 4. The van der Waals surface area contributed by atoms with Crippen molar-refractivity contribution in [3.05, 3.63) is 41.5 Å². The SMILES string of the molecule is N#CCC=Cc1cccc(C(=O)CC#N)c1. The van der Waals surface area contributed by atoms with Gasteiger partial charge in [0.05, 0.1) is 25.0 Å². The molecule has 0 amide bonds. The first-order valence-corrected chi connectivity index (χ1v) is 4.81. The van der Waals surface area contributed by atoms with Crippen LogP contribution < -0.4 is 0 Å². The number of carbonyl (C=O) groups is 1. The van der Waals surface area contributed by atoms with Crippen LogP contribution in [0.1, 0.15) is 28.8 Å². The third-order valence-electron chi connectivity index (χ3n) is 1.97. The largest absolute Gasteiger partial charge is 0.293 e. The zero-order valence-electron chi connectivity index (χ0n) is 8.68. The molecule has 0 fully saturated rings. The predicted octanol–water partition coefficient (Wildman–Crippen LogP) is 2.71. The Labute approximate surface area is 94.2 Å². The highest BCUT2D eigenvalue weighted by atomic mass is 16.1. The summed E-state index contributed by atoms with van der Waals surface area (Å²) in [7, 11) is 0. The number of benzene rings is 1. The van der Waals surface area contributed by atoms with E-state index in [9.17, 15) is 4.79 Å². The minimum Gasteiger partial charge on any atom is -0.293 e. The molecule has 1 aromatic carbocycles. The molecule has 0 heterocycles. The van der Waals surface area contributed by atoms with Gasteiger partial charge >= 0.3 is 0 Å². The van der Waals surface area contributed by atoms with Gasteiger partial charge in [-0.2, -0.15) is 10.5 Å². The summed E-state index contributed by atoms with van der Waals surface area (Å²) in [5.74, 6) is -0.182. The van der Waals surface area contributed by atoms with Gasteiger partial charge in [-0.3, -0.25) is 4.79 Å². The van der Waals surface area contributed by atoms with Crippen LogP contribution in [0.4, 0.5) is 0 Å². The maximum absolute atomic E-state index is 11.4. The number of carbonyl (C=O) groups excluding carboxylic acids is 1. The summed E-state index contributed by atoms with van der Waals surface area (Å²) in [6.07, 6.45) is 3.75. The van der Waals surface area contributed by atoms with Crippen molar-refractivity contribution in [3.8, 4) is 12.1 Å². The van der Waals surface area contributed by atoms with E-state index in [-0.39, 0.29) is 12.2 Å². The standard InChI is InChI=1S/C13H10N2O/c14-8-2-1-4-11-5-3-6-12(10-11)13(16)7-9-15/h1,3-6,10H,2,7H2. The second-order valence-corrected chi connectivity index (χ2v) is 3.15. The van der Waals surface area contributed by atoms with E-state index in [2.05, 4.69) is 0 Å². The minimum atomic E-state index is -0.182. The molecule has 0 bridgehead atoms. The van der Waals surface area contributed by atoms with Gasteiger partial charge in [-0.25, -0.2) is 0 Å². The highest BCUT2D eigenvalue weighted by Crippen LogP contribution is 2.09. The fraction of sp³-hybridized carbons (Fsp3) is 0.154. The molecule has 0 N–H and O–H groups in total. The van der Waals surface area contributed by atoms with Crippen molar-refractivity contribution < 1.29 is 4.79 Å². The summed E-state index contributed by atoms with van der Waals surface area (Å²) in [6.45, 7) is 0. The molecule has 0 aliphatic rings. The summed E-state index contributed by atoms with van der Waals surface area (Å²) < 4.78 is 0. The summed E-state index contributed by atoms with van der Waals surface area (Å²) in [5, 5.41) is 16.8. The van der Waals surface area contributed by atoms with E-state index in [1.165, 1.54) is 0 Å². The third-order valence-corrected chi connectivity index (χ3v) is 1.97. The lowest BCUT2D eigenvalue weighted by Crippen LogP contribution is -1.96. The van der Waals surface area contributed by atoms with Crippen LogP contribution in [0.25, 0.3) is 6.08 Å². The number of hydrogen-bond donors (Lipinski definition) is 0. The molecular weight excluding hydrogens is 200 g/mol. The topological polar surface area (TPSA) is 64.7 Å². The third kappa shape index (κ3) is 3.40. The Morgan fingerprint density at radius 3 is 2.81 bits per heavy atom. The molecular formula is C13H10N2O. The summed E-state index contributed by atoms with van der Waals surface area (Å²) in [6, 6.07) is 10.8. The van der Waals surface area contributed by atoms with Crippen LogP contribution in [0, 0.1) is 22.7 Å². The first-order chi connectivity index (χ1) is 7.77. The smallest absolute Gasteiger partial charge is 0.176 e. The van der Waals surface area contributed by atoms with Crippen LogP contribution in [0.2, 0.25) is 0 Å². The Morgan fingerprint density at radius 2 is 2.12 bits per heavy atom. The maximum atomic E-state index is 11.4. The monoisotopic (exact) mass is 210 g/mol. The molecule has 1 rings (SSSR count). The number of nitrogens with zero attached hydrogens (tertiary/aromatic N) is 2.